The van der Waals surface area contributed by atoms with Gasteiger partial charge < -0.3 is 10.1 Å². The Morgan fingerprint density at radius 3 is 2.85 bits per heavy atom. The number of nitrogens with one attached hydrogen (secondary N) is 1. The van der Waals surface area contributed by atoms with Crippen LogP contribution in [0.5, 0.6) is 0 Å². The summed E-state index contributed by atoms with van der Waals surface area (Å²) in [5.41, 5.74) is 1.99. The van der Waals surface area contributed by atoms with Crippen LogP contribution in [-0.4, -0.2) is 53.6 Å². The van der Waals surface area contributed by atoms with Crippen molar-refractivity contribution in [2.45, 2.75) is 50.7 Å². The molecule has 0 radical (unpaired) electrons. The Kier molecular flexibility index (Phi) is 4.93. The van der Waals surface area contributed by atoms with E-state index in [1.54, 1.807) is 0 Å². The number of halogens is 2. The van der Waals surface area contributed by atoms with Gasteiger partial charge in [0.1, 0.15) is 0 Å². The number of hydrogen-bond donors (Lipinski definition) is 1. The van der Waals surface area contributed by atoms with Crippen LogP contribution in [-0.2, 0) is 16.1 Å². The highest BCUT2D eigenvalue weighted by Crippen LogP contribution is 2.43. The summed E-state index contributed by atoms with van der Waals surface area (Å²) >= 11 is 0. The zero-order chi connectivity index (χ0) is 19.1. The fraction of sp³-hybridized carbons (Fsp3) is 0.700. The topological polar surface area (TPSA) is 54.5 Å². The molecule has 148 valence electrons. The average molecular weight is 379 g/mol. The molecule has 3 fully saturated rings. The van der Waals surface area contributed by atoms with Crippen molar-refractivity contribution in [3.05, 3.63) is 29.6 Å². The van der Waals surface area contributed by atoms with E-state index in [-0.39, 0.29) is 24.3 Å². The van der Waals surface area contributed by atoms with Crippen molar-refractivity contribution in [1.29, 1.82) is 0 Å². The number of carbonyl (C=O) groups excluding carboxylic acids is 1. The van der Waals surface area contributed by atoms with Gasteiger partial charge in [0.05, 0.1) is 11.3 Å². The third kappa shape index (κ3) is 3.99. The molecule has 0 aromatic carbocycles. The Bertz CT molecular complexity index is 698. The molecular weight excluding hydrogens is 352 g/mol. The molecule has 1 spiro atoms. The molecule has 1 saturated carbocycles. The van der Waals surface area contributed by atoms with E-state index in [1.807, 2.05) is 25.1 Å². The first kappa shape index (κ1) is 18.7. The Hall–Kier alpha value is -1.60. The molecule has 3 heterocycles. The average Bonchev–Trinajstić information content (AvgIpc) is 2.96. The molecule has 0 unspecified atom stereocenters. The summed E-state index contributed by atoms with van der Waals surface area (Å²) in [6.45, 7) is 5.88. The van der Waals surface area contributed by atoms with Crippen molar-refractivity contribution in [3.63, 3.8) is 0 Å². The van der Waals surface area contributed by atoms with Crippen LogP contribution < -0.4 is 5.32 Å². The number of amides is 1. The van der Waals surface area contributed by atoms with Gasteiger partial charge in [0, 0.05) is 57.2 Å². The molecule has 1 N–H and O–H groups in total. The molecule has 1 atom stereocenters. The molecule has 1 aromatic rings. The Morgan fingerprint density at radius 2 is 2.15 bits per heavy atom. The number of carbonyl (C=O) groups is 1. The van der Waals surface area contributed by atoms with Gasteiger partial charge in [0.2, 0.25) is 11.8 Å². The summed E-state index contributed by atoms with van der Waals surface area (Å²) in [7, 11) is 0. The molecule has 1 aromatic heterocycles. The summed E-state index contributed by atoms with van der Waals surface area (Å²) < 4.78 is 31.8. The SMILES string of the molecule is Cc1cccc(CN2CC3(C2)OCC[C@@H]3CCNC(=O)C2CC(F)(F)C2)n1. The van der Waals surface area contributed by atoms with Crippen molar-refractivity contribution in [2.75, 3.05) is 26.2 Å². The normalized spacial score (nSPS) is 26.6. The number of pyridine rings is 1. The second kappa shape index (κ2) is 7.09. The molecule has 27 heavy (non-hydrogen) atoms. The van der Waals surface area contributed by atoms with Gasteiger partial charge in [0.15, 0.2) is 0 Å². The third-order valence-electron chi connectivity index (χ3n) is 6.17. The minimum atomic E-state index is -2.65. The number of hydrogen-bond acceptors (Lipinski definition) is 4. The van der Waals surface area contributed by atoms with Crippen LogP contribution in [0, 0.1) is 18.8 Å². The zero-order valence-corrected chi connectivity index (χ0v) is 15.7. The first-order valence-electron chi connectivity index (χ1n) is 9.80. The lowest BCUT2D eigenvalue weighted by molar-refractivity contribution is -0.150. The highest BCUT2D eigenvalue weighted by molar-refractivity contribution is 5.79. The maximum Gasteiger partial charge on any atom is 0.249 e. The number of aryl methyl sites for hydroxylation is 1. The first-order valence-corrected chi connectivity index (χ1v) is 9.80. The van der Waals surface area contributed by atoms with E-state index in [2.05, 4.69) is 15.2 Å². The molecule has 2 aliphatic heterocycles. The van der Waals surface area contributed by atoms with E-state index in [9.17, 15) is 13.6 Å². The minimum absolute atomic E-state index is 0.113. The number of aromatic nitrogens is 1. The van der Waals surface area contributed by atoms with Gasteiger partial charge in [-0.3, -0.25) is 14.7 Å². The van der Waals surface area contributed by atoms with Gasteiger partial charge in [-0.05, 0) is 37.8 Å². The highest BCUT2D eigenvalue weighted by atomic mass is 19.3. The van der Waals surface area contributed by atoms with Crippen molar-refractivity contribution < 1.29 is 18.3 Å². The molecular formula is C20H27F2N3O2. The largest absolute Gasteiger partial charge is 0.372 e. The summed E-state index contributed by atoms with van der Waals surface area (Å²) in [5.74, 6) is -2.99. The molecule has 1 aliphatic carbocycles. The molecule has 2 saturated heterocycles. The molecule has 0 bridgehead atoms. The maximum atomic E-state index is 12.9. The van der Waals surface area contributed by atoms with Gasteiger partial charge >= 0.3 is 0 Å². The van der Waals surface area contributed by atoms with Gasteiger partial charge in [-0.2, -0.15) is 0 Å². The van der Waals surface area contributed by atoms with E-state index in [0.717, 1.165) is 50.5 Å². The molecule has 7 heteroatoms. The van der Waals surface area contributed by atoms with Gasteiger partial charge in [-0.1, -0.05) is 6.07 Å². The van der Waals surface area contributed by atoms with Crippen LogP contribution >= 0.6 is 0 Å². The standard InChI is InChI=1S/C20H27F2N3O2/c1-14-3-2-4-17(24-14)11-25-12-19(13-25)16(6-8-27-19)5-7-23-18(26)15-9-20(21,22)10-15/h2-4,15-16H,5-13H2,1H3,(H,23,26)/t16-/m0/s1. The van der Waals surface area contributed by atoms with Crippen LogP contribution in [0.15, 0.2) is 18.2 Å². The predicted octanol–water partition coefficient (Wildman–Crippen LogP) is 2.53. The summed E-state index contributed by atoms with van der Waals surface area (Å²) in [6.07, 6.45) is 1.22. The number of ether oxygens (including phenoxy) is 1. The minimum Gasteiger partial charge on any atom is -0.372 e. The van der Waals surface area contributed by atoms with Crippen LogP contribution in [0.2, 0.25) is 0 Å². The monoisotopic (exact) mass is 379 g/mol. The molecule has 4 rings (SSSR count). The van der Waals surface area contributed by atoms with Crippen LogP contribution in [0.4, 0.5) is 8.78 Å². The van der Waals surface area contributed by atoms with E-state index < -0.39 is 11.8 Å². The fourth-order valence-corrected chi connectivity index (χ4v) is 4.64. The van der Waals surface area contributed by atoms with E-state index in [4.69, 9.17) is 4.74 Å². The predicted molar refractivity (Wildman–Crippen MR) is 96.3 cm³/mol. The zero-order valence-electron chi connectivity index (χ0n) is 15.7. The first-order chi connectivity index (χ1) is 12.9. The second-order valence-corrected chi connectivity index (χ2v) is 8.36. The van der Waals surface area contributed by atoms with E-state index in [0.29, 0.717) is 12.5 Å². The van der Waals surface area contributed by atoms with Crippen molar-refractivity contribution in [1.82, 2.24) is 15.2 Å². The van der Waals surface area contributed by atoms with Crippen molar-refractivity contribution in [3.8, 4) is 0 Å². The van der Waals surface area contributed by atoms with E-state index >= 15 is 0 Å². The van der Waals surface area contributed by atoms with E-state index in [1.165, 1.54) is 0 Å². The van der Waals surface area contributed by atoms with Crippen molar-refractivity contribution in [2.24, 2.45) is 11.8 Å². The number of rotatable bonds is 6. The Morgan fingerprint density at radius 1 is 1.37 bits per heavy atom. The van der Waals surface area contributed by atoms with Gasteiger partial charge in [-0.25, -0.2) is 8.78 Å². The smallest absolute Gasteiger partial charge is 0.249 e. The lowest BCUT2D eigenvalue weighted by atomic mass is 9.78. The summed E-state index contributed by atoms with van der Waals surface area (Å²) in [6, 6.07) is 6.07. The molecule has 3 aliphatic rings. The van der Waals surface area contributed by atoms with Gasteiger partial charge in [-0.15, -0.1) is 0 Å². The summed E-state index contributed by atoms with van der Waals surface area (Å²) in [4.78, 5) is 18.8. The van der Waals surface area contributed by atoms with Crippen LogP contribution in [0.3, 0.4) is 0 Å². The summed E-state index contributed by atoms with van der Waals surface area (Å²) in [5, 5.41) is 2.84. The van der Waals surface area contributed by atoms with Crippen LogP contribution in [0.1, 0.15) is 37.1 Å². The number of nitrogens with zero attached hydrogens (tertiary/aromatic N) is 2. The highest BCUT2D eigenvalue weighted by Gasteiger charge is 2.52. The number of likely N-dealkylation sites (tertiary alicyclic amines) is 1. The van der Waals surface area contributed by atoms with Crippen molar-refractivity contribution >= 4 is 5.91 Å². The maximum absolute atomic E-state index is 12.9. The quantitative estimate of drug-likeness (QED) is 0.825. The third-order valence-corrected chi connectivity index (χ3v) is 6.17. The molecule has 5 nitrogen and oxygen atoms in total. The second-order valence-electron chi connectivity index (χ2n) is 8.36. The van der Waals surface area contributed by atoms with Crippen LogP contribution in [0.25, 0.3) is 0 Å². The Balaban J connectivity index is 1.21. The Labute approximate surface area is 158 Å². The fourth-order valence-electron chi connectivity index (χ4n) is 4.64. The lowest BCUT2D eigenvalue weighted by Gasteiger charge is -2.50. The van der Waals surface area contributed by atoms with Gasteiger partial charge in [0.25, 0.3) is 0 Å². The lowest BCUT2D eigenvalue weighted by Crippen LogP contribution is -2.64. The molecule has 1 amide bonds. The number of alkyl halides is 2.